The molecule has 6 aromatic rings. The molecule has 146 valence electrons. The van der Waals surface area contributed by atoms with Crippen molar-refractivity contribution in [2.75, 3.05) is 0 Å². The van der Waals surface area contributed by atoms with Crippen LogP contribution in [0.3, 0.4) is 0 Å². The van der Waals surface area contributed by atoms with E-state index in [0.717, 1.165) is 32.8 Å². The van der Waals surface area contributed by atoms with Crippen LogP contribution in [-0.2, 0) is 0 Å². The van der Waals surface area contributed by atoms with Gasteiger partial charge in [0.25, 0.3) is 5.69 Å². The van der Waals surface area contributed by atoms with Gasteiger partial charge in [0.05, 0.1) is 10.5 Å². The van der Waals surface area contributed by atoms with Crippen molar-refractivity contribution in [2.24, 2.45) is 0 Å². The van der Waals surface area contributed by atoms with Gasteiger partial charge >= 0.3 is 0 Å². The van der Waals surface area contributed by atoms with Crippen molar-refractivity contribution in [1.29, 1.82) is 0 Å². The Morgan fingerprint density at radius 1 is 0.548 bits per heavy atom. The summed E-state index contributed by atoms with van der Waals surface area (Å²) in [5.41, 5.74) is 3.46. The molecule has 0 radical (unpaired) electrons. The molecule has 0 amide bonds. The Morgan fingerprint density at radius 3 is 1.94 bits per heavy atom. The summed E-state index contributed by atoms with van der Waals surface area (Å²) < 4.78 is 0. The van der Waals surface area contributed by atoms with Gasteiger partial charge in [-0.05, 0) is 55.1 Å². The van der Waals surface area contributed by atoms with Crippen molar-refractivity contribution in [3.05, 3.63) is 113 Å². The van der Waals surface area contributed by atoms with E-state index in [0.29, 0.717) is 5.56 Å². The van der Waals surface area contributed by atoms with Gasteiger partial charge in [-0.3, -0.25) is 10.1 Å². The number of rotatable bonds is 3. The number of nitrogens with zero attached hydrogens (tertiary/aromatic N) is 1. The highest BCUT2D eigenvalue weighted by atomic mass is 16.6. The number of nitro benzene ring substituents is 1. The highest BCUT2D eigenvalue weighted by molar-refractivity contribution is 6.25. The van der Waals surface area contributed by atoms with Crippen LogP contribution in [0.5, 0.6) is 0 Å². The van der Waals surface area contributed by atoms with Crippen LogP contribution in [0.1, 0.15) is 0 Å². The van der Waals surface area contributed by atoms with Gasteiger partial charge < -0.3 is 0 Å². The van der Waals surface area contributed by atoms with Crippen molar-refractivity contribution in [3.8, 4) is 22.3 Å². The van der Waals surface area contributed by atoms with Crippen molar-refractivity contribution in [1.82, 2.24) is 0 Å². The molecule has 0 heterocycles. The fraction of sp³-hybridized carbons (Fsp3) is 0. The van der Waals surface area contributed by atoms with Gasteiger partial charge in [-0.15, -0.1) is 0 Å². The van der Waals surface area contributed by atoms with Crippen LogP contribution in [0.15, 0.2) is 103 Å². The molecule has 0 unspecified atom stereocenters. The highest BCUT2D eigenvalue weighted by Crippen LogP contribution is 2.42. The summed E-state index contributed by atoms with van der Waals surface area (Å²) in [7, 11) is 0. The molecule has 0 fully saturated rings. The molecular formula is C28H17NO2. The number of benzene rings is 6. The summed E-state index contributed by atoms with van der Waals surface area (Å²) in [6.07, 6.45) is 0. The highest BCUT2D eigenvalue weighted by Gasteiger charge is 2.20. The quantitative estimate of drug-likeness (QED) is 0.173. The molecule has 0 saturated carbocycles. The molecule has 3 nitrogen and oxygen atoms in total. The van der Waals surface area contributed by atoms with E-state index < -0.39 is 0 Å². The first-order valence-electron chi connectivity index (χ1n) is 10.2. The lowest BCUT2D eigenvalue weighted by Gasteiger charge is -2.14. The third-order valence-corrected chi connectivity index (χ3v) is 6.12. The molecule has 0 atom stereocenters. The van der Waals surface area contributed by atoms with E-state index in [1.165, 1.54) is 16.2 Å². The zero-order chi connectivity index (χ0) is 20.9. The van der Waals surface area contributed by atoms with E-state index in [1.807, 2.05) is 48.5 Å². The average Bonchev–Trinajstić information content (AvgIpc) is 2.82. The zero-order valence-electron chi connectivity index (χ0n) is 16.6. The molecule has 31 heavy (non-hydrogen) atoms. The van der Waals surface area contributed by atoms with Crippen LogP contribution < -0.4 is 0 Å². The van der Waals surface area contributed by atoms with E-state index in [2.05, 4.69) is 48.5 Å². The smallest absolute Gasteiger partial charge is 0.258 e. The predicted molar refractivity (Wildman–Crippen MR) is 128 cm³/mol. The van der Waals surface area contributed by atoms with E-state index in [4.69, 9.17) is 0 Å². The fourth-order valence-corrected chi connectivity index (χ4v) is 4.69. The summed E-state index contributed by atoms with van der Waals surface area (Å²) in [4.78, 5) is 11.8. The molecule has 0 saturated heterocycles. The average molecular weight is 399 g/mol. The van der Waals surface area contributed by atoms with Gasteiger partial charge in [-0.25, -0.2) is 0 Å². The maximum Gasteiger partial charge on any atom is 0.277 e. The first kappa shape index (κ1) is 17.6. The first-order valence-corrected chi connectivity index (χ1v) is 10.2. The maximum atomic E-state index is 12.1. The van der Waals surface area contributed by atoms with Crippen LogP contribution in [0.2, 0.25) is 0 Å². The zero-order valence-corrected chi connectivity index (χ0v) is 16.6. The van der Waals surface area contributed by atoms with Gasteiger partial charge in [0.1, 0.15) is 0 Å². The number of nitro groups is 1. The summed E-state index contributed by atoms with van der Waals surface area (Å²) in [6, 6.07) is 34.1. The largest absolute Gasteiger partial charge is 0.277 e. The van der Waals surface area contributed by atoms with Gasteiger partial charge in [0, 0.05) is 6.07 Å². The van der Waals surface area contributed by atoms with Gasteiger partial charge in [0.15, 0.2) is 0 Å². The Labute approximate surface area is 178 Å². The maximum absolute atomic E-state index is 12.1. The van der Waals surface area contributed by atoms with Crippen molar-refractivity contribution in [3.63, 3.8) is 0 Å². The minimum Gasteiger partial charge on any atom is -0.258 e. The van der Waals surface area contributed by atoms with Crippen LogP contribution >= 0.6 is 0 Å². The van der Waals surface area contributed by atoms with Crippen molar-refractivity contribution >= 4 is 38.0 Å². The Balaban J connectivity index is 1.66. The Kier molecular flexibility index (Phi) is 3.77. The SMILES string of the molecule is O=[N+]([O-])c1cc(-c2ccccc2)ccc1-c1ccc2ccc3cccc4ccc1c2c34. The molecule has 0 spiro atoms. The van der Waals surface area contributed by atoms with E-state index in [9.17, 15) is 10.1 Å². The molecule has 3 heteroatoms. The Bertz CT molecular complexity index is 1590. The number of hydrogen-bond acceptors (Lipinski definition) is 2. The molecule has 6 rings (SSSR count). The Hall–Kier alpha value is -4.24. The van der Waals surface area contributed by atoms with Crippen LogP contribution in [-0.4, -0.2) is 4.92 Å². The molecule has 6 aromatic carbocycles. The first-order chi connectivity index (χ1) is 15.2. The van der Waals surface area contributed by atoms with E-state index in [-0.39, 0.29) is 10.6 Å². The van der Waals surface area contributed by atoms with E-state index in [1.54, 1.807) is 6.07 Å². The summed E-state index contributed by atoms with van der Waals surface area (Å²) in [5.74, 6) is 0. The summed E-state index contributed by atoms with van der Waals surface area (Å²) in [5, 5.41) is 19.0. The second-order valence-corrected chi connectivity index (χ2v) is 7.82. The molecule has 0 N–H and O–H groups in total. The fourth-order valence-electron chi connectivity index (χ4n) is 4.69. The summed E-state index contributed by atoms with van der Waals surface area (Å²) in [6.45, 7) is 0. The normalized spacial score (nSPS) is 11.5. The monoisotopic (exact) mass is 399 g/mol. The van der Waals surface area contributed by atoms with Crippen LogP contribution in [0.25, 0.3) is 54.6 Å². The lowest BCUT2D eigenvalue weighted by Crippen LogP contribution is -1.94. The molecule has 0 bridgehead atoms. The van der Waals surface area contributed by atoms with Crippen molar-refractivity contribution in [2.45, 2.75) is 0 Å². The Morgan fingerprint density at radius 2 is 1.19 bits per heavy atom. The molecule has 0 aliphatic heterocycles. The molecule has 0 aliphatic carbocycles. The van der Waals surface area contributed by atoms with E-state index >= 15 is 0 Å². The lowest BCUT2D eigenvalue weighted by atomic mass is 9.89. The second-order valence-electron chi connectivity index (χ2n) is 7.82. The number of hydrogen-bond donors (Lipinski definition) is 0. The predicted octanol–water partition coefficient (Wildman–Crippen LogP) is 7.83. The minimum atomic E-state index is -0.278. The summed E-state index contributed by atoms with van der Waals surface area (Å²) >= 11 is 0. The molecular weight excluding hydrogens is 382 g/mol. The van der Waals surface area contributed by atoms with Crippen molar-refractivity contribution < 1.29 is 4.92 Å². The third-order valence-electron chi connectivity index (χ3n) is 6.12. The van der Waals surface area contributed by atoms with Gasteiger partial charge in [-0.2, -0.15) is 0 Å². The third kappa shape index (κ3) is 2.67. The molecule has 0 aliphatic rings. The van der Waals surface area contributed by atoms with Gasteiger partial charge in [0.2, 0.25) is 0 Å². The van der Waals surface area contributed by atoms with Gasteiger partial charge in [-0.1, -0.05) is 91.0 Å². The minimum absolute atomic E-state index is 0.122. The van der Waals surface area contributed by atoms with Crippen LogP contribution in [0, 0.1) is 10.1 Å². The topological polar surface area (TPSA) is 43.1 Å². The lowest BCUT2D eigenvalue weighted by molar-refractivity contribution is -0.384. The van der Waals surface area contributed by atoms with Crippen LogP contribution in [0.4, 0.5) is 5.69 Å². The molecule has 0 aromatic heterocycles. The second kappa shape index (κ2) is 6.64. The standard InChI is InChI=1S/C28H17NO2/c30-29(31)26-17-22(18-5-2-1-3-6-18)13-15-24(26)23-14-11-21-10-9-19-7-4-8-20-12-16-25(23)28(21)27(19)20/h1-17H.